The zero-order valence-corrected chi connectivity index (χ0v) is 22.9. The van der Waals surface area contributed by atoms with Crippen molar-refractivity contribution < 1.29 is 48.3 Å². The number of carbonyl (C=O) groups is 4. The Hall–Kier alpha value is -2.14. The van der Waals surface area contributed by atoms with Gasteiger partial charge in [0.15, 0.2) is 0 Å². The first-order valence-corrected chi connectivity index (χ1v) is 14.1. The van der Waals surface area contributed by atoms with E-state index in [-0.39, 0.29) is 37.4 Å². The standard InChI is InChI=1S/C29H36O10/c1-12-8-15(36-24(12)34)19-13(2)22(32)26(5)6-7-27-11-28-16(25(3,4)37-17(28)10-18(31)38-28)9-14(30)20(27)23(33)29(35,39-27)21(19)26/h8,13-17,19-21,30,35H,6-7,9-11H2,1-5H3/t13-,14-,15-,16-,17+,19+,20-,21-,26-,27-,28+,29-/m1/s1. The quantitative estimate of drug-likeness (QED) is 0.464. The Balaban J connectivity index is 1.37. The van der Waals surface area contributed by atoms with E-state index < -0.39 is 87.7 Å². The van der Waals surface area contributed by atoms with Crippen LogP contribution in [0.5, 0.6) is 0 Å². The summed E-state index contributed by atoms with van der Waals surface area (Å²) in [6, 6.07) is 0. The van der Waals surface area contributed by atoms with E-state index in [1.165, 1.54) is 0 Å². The first-order valence-electron chi connectivity index (χ1n) is 14.1. The topological polar surface area (TPSA) is 146 Å². The fraction of sp³-hybridized carbons (Fsp3) is 0.793. The number of carbonyl (C=O) groups excluding carboxylic acids is 4. The SMILES string of the molecule is CC1=C[C@H]([C@H]2[C@@H]3[C@@](C)(CC[C@@]45C[C@@]67OC(=O)C[C@@H]6OC(C)(C)[C@H]7C[C@@H](O)[C@@H]4C(=O)[C@]3(O)O5)C(=O)[C@@H]2C)OC1=O. The third-order valence-corrected chi connectivity index (χ3v) is 11.5. The molecule has 6 fully saturated rings. The minimum absolute atomic E-state index is 0.0616. The summed E-state index contributed by atoms with van der Waals surface area (Å²) in [5.74, 6) is -7.81. The van der Waals surface area contributed by atoms with Gasteiger partial charge in [0, 0.05) is 41.1 Å². The number of ether oxygens (including phenoxy) is 4. The molecule has 212 valence electrons. The van der Waals surface area contributed by atoms with Crippen LogP contribution in [0.2, 0.25) is 0 Å². The van der Waals surface area contributed by atoms with Crippen LogP contribution in [0.1, 0.15) is 66.7 Å². The molecule has 0 amide bonds. The summed E-state index contributed by atoms with van der Waals surface area (Å²) in [6.07, 6.45) is -0.110. The molecule has 5 heterocycles. The van der Waals surface area contributed by atoms with Crippen LogP contribution in [-0.2, 0) is 38.1 Å². The number of fused-ring (bicyclic) bond motifs is 3. The van der Waals surface area contributed by atoms with Crippen LogP contribution in [0, 0.1) is 35.0 Å². The van der Waals surface area contributed by atoms with E-state index in [4.69, 9.17) is 18.9 Å². The fourth-order valence-electron chi connectivity index (χ4n) is 10.0. The second-order valence-electron chi connectivity index (χ2n) is 13.9. The summed E-state index contributed by atoms with van der Waals surface area (Å²) in [5.41, 5.74) is -3.94. The molecule has 0 unspecified atom stereocenters. The summed E-state index contributed by atoms with van der Waals surface area (Å²) in [5, 5.41) is 24.0. The van der Waals surface area contributed by atoms with Crippen molar-refractivity contribution in [2.45, 2.75) is 108 Å². The lowest BCUT2D eigenvalue weighted by atomic mass is 9.62. The van der Waals surface area contributed by atoms with Gasteiger partial charge in [-0.05, 0) is 46.1 Å². The Kier molecular flexibility index (Phi) is 4.88. The molecule has 12 atom stereocenters. The Morgan fingerprint density at radius 3 is 2.44 bits per heavy atom. The lowest BCUT2D eigenvalue weighted by Crippen LogP contribution is -2.55. The number of rotatable bonds is 1. The number of ketones is 2. The van der Waals surface area contributed by atoms with Gasteiger partial charge >= 0.3 is 11.9 Å². The van der Waals surface area contributed by atoms with Gasteiger partial charge in [-0.2, -0.15) is 0 Å². The summed E-state index contributed by atoms with van der Waals surface area (Å²) in [4.78, 5) is 53.1. The molecule has 2 N–H and O–H groups in total. The van der Waals surface area contributed by atoms with Crippen molar-refractivity contribution in [3.63, 3.8) is 0 Å². The van der Waals surface area contributed by atoms with Gasteiger partial charge in [0.1, 0.15) is 23.6 Å². The predicted molar refractivity (Wildman–Crippen MR) is 131 cm³/mol. The van der Waals surface area contributed by atoms with Crippen molar-refractivity contribution >= 4 is 23.5 Å². The Morgan fingerprint density at radius 1 is 1.05 bits per heavy atom. The number of hydrogen-bond acceptors (Lipinski definition) is 10. The third-order valence-electron chi connectivity index (χ3n) is 11.5. The molecular weight excluding hydrogens is 508 g/mol. The molecule has 2 aliphatic carbocycles. The highest BCUT2D eigenvalue weighted by Gasteiger charge is 2.80. The number of esters is 2. The number of aliphatic hydroxyl groups is 2. The monoisotopic (exact) mass is 544 g/mol. The van der Waals surface area contributed by atoms with Crippen molar-refractivity contribution in [2.75, 3.05) is 0 Å². The van der Waals surface area contributed by atoms with E-state index in [9.17, 15) is 29.4 Å². The minimum Gasteiger partial charge on any atom is -0.456 e. The van der Waals surface area contributed by atoms with Gasteiger partial charge < -0.3 is 29.2 Å². The zero-order valence-electron chi connectivity index (χ0n) is 22.9. The highest BCUT2D eigenvalue weighted by Crippen LogP contribution is 2.68. The van der Waals surface area contributed by atoms with Crippen molar-refractivity contribution in [1.29, 1.82) is 0 Å². The van der Waals surface area contributed by atoms with E-state index in [1.807, 2.05) is 13.8 Å². The van der Waals surface area contributed by atoms with Crippen LogP contribution in [0.15, 0.2) is 11.6 Å². The van der Waals surface area contributed by atoms with Gasteiger partial charge in [0.25, 0.3) is 0 Å². The Bertz CT molecular complexity index is 1250. The van der Waals surface area contributed by atoms with E-state index in [2.05, 4.69) is 0 Å². The van der Waals surface area contributed by atoms with E-state index in [1.54, 1.807) is 26.8 Å². The molecule has 2 saturated carbocycles. The normalized spacial score (nSPS) is 55.2. The second kappa shape index (κ2) is 7.38. The Morgan fingerprint density at radius 2 is 1.77 bits per heavy atom. The lowest BCUT2D eigenvalue weighted by molar-refractivity contribution is -0.264. The first kappa shape index (κ1) is 25.8. The Labute approximate surface area is 226 Å². The molecular formula is C29H36O10. The zero-order chi connectivity index (χ0) is 28.1. The van der Waals surface area contributed by atoms with E-state index in [0.29, 0.717) is 12.0 Å². The van der Waals surface area contributed by atoms with Crippen LogP contribution in [-0.4, -0.2) is 74.6 Å². The molecule has 10 nitrogen and oxygen atoms in total. The van der Waals surface area contributed by atoms with Crippen molar-refractivity contribution in [3.05, 3.63) is 11.6 Å². The number of Topliss-reactive ketones (excluding diaryl/α,β-unsaturated/α-hetero) is 2. The highest BCUT2D eigenvalue weighted by atomic mass is 16.7. The van der Waals surface area contributed by atoms with Crippen LogP contribution in [0.4, 0.5) is 0 Å². The van der Waals surface area contributed by atoms with Gasteiger partial charge in [-0.1, -0.05) is 13.8 Å². The molecule has 10 heteroatoms. The molecule has 0 radical (unpaired) electrons. The average Bonchev–Trinajstić information content (AvgIpc) is 3.46. The molecule has 2 spiro atoms. The molecule has 4 saturated heterocycles. The van der Waals surface area contributed by atoms with Gasteiger partial charge in [-0.3, -0.25) is 14.4 Å². The van der Waals surface area contributed by atoms with E-state index in [0.717, 1.165) is 0 Å². The molecule has 39 heavy (non-hydrogen) atoms. The molecule has 0 aromatic rings. The highest BCUT2D eigenvalue weighted by molar-refractivity contribution is 5.97. The second-order valence-corrected chi connectivity index (χ2v) is 13.9. The fourth-order valence-corrected chi connectivity index (χ4v) is 10.0. The maximum atomic E-state index is 14.4. The summed E-state index contributed by atoms with van der Waals surface area (Å²) >= 11 is 0. The lowest BCUT2D eigenvalue weighted by Gasteiger charge is -2.41. The van der Waals surface area contributed by atoms with Crippen LogP contribution < -0.4 is 0 Å². The summed E-state index contributed by atoms with van der Waals surface area (Å²) in [6.45, 7) is 8.94. The molecule has 7 rings (SSSR count). The molecule has 5 aliphatic heterocycles. The number of aliphatic hydroxyl groups excluding tert-OH is 1. The predicted octanol–water partition coefficient (Wildman–Crippen LogP) is 1.39. The first-order chi connectivity index (χ1) is 18.1. The largest absolute Gasteiger partial charge is 0.456 e. The maximum absolute atomic E-state index is 14.4. The van der Waals surface area contributed by atoms with Crippen LogP contribution in [0.3, 0.4) is 0 Å². The minimum atomic E-state index is -2.39. The average molecular weight is 545 g/mol. The van der Waals surface area contributed by atoms with Gasteiger partial charge in [-0.25, -0.2) is 4.79 Å². The number of cyclic esters (lactones) is 1. The van der Waals surface area contributed by atoms with Crippen LogP contribution in [0.25, 0.3) is 0 Å². The third kappa shape index (κ3) is 2.91. The van der Waals surface area contributed by atoms with Crippen molar-refractivity contribution in [1.82, 2.24) is 0 Å². The van der Waals surface area contributed by atoms with E-state index >= 15 is 0 Å². The van der Waals surface area contributed by atoms with Gasteiger partial charge in [-0.15, -0.1) is 0 Å². The smallest absolute Gasteiger partial charge is 0.334 e. The summed E-state index contributed by atoms with van der Waals surface area (Å²) in [7, 11) is 0. The molecule has 0 aromatic carbocycles. The molecule has 7 aliphatic rings. The van der Waals surface area contributed by atoms with Gasteiger partial charge in [0.2, 0.25) is 11.6 Å². The van der Waals surface area contributed by atoms with Gasteiger partial charge in [0.05, 0.1) is 29.6 Å². The summed E-state index contributed by atoms with van der Waals surface area (Å²) < 4.78 is 24.6. The van der Waals surface area contributed by atoms with Crippen molar-refractivity contribution in [3.8, 4) is 0 Å². The molecule has 2 bridgehead atoms. The van der Waals surface area contributed by atoms with Crippen molar-refractivity contribution in [2.24, 2.45) is 35.0 Å². The van der Waals surface area contributed by atoms with Crippen LogP contribution >= 0.6 is 0 Å². The number of hydrogen-bond donors (Lipinski definition) is 2. The molecule has 0 aromatic heterocycles. The maximum Gasteiger partial charge on any atom is 0.334 e.